The Labute approximate surface area is 96.8 Å². The molecule has 0 radical (unpaired) electrons. The number of carboxylic acids is 1. The topological polar surface area (TPSA) is 89.6 Å². The van der Waals surface area contributed by atoms with E-state index >= 15 is 0 Å². The minimum atomic E-state index is -1.03. The maximum atomic E-state index is 11.4. The molecule has 0 bridgehead atoms. The molecule has 0 unspecified atom stereocenters. The van der Waals surface area contributed by atoms with E-state index in [0.717, 1.165) is 0 Å². The van der Waals surface area contributed by atoms with E-state index in [1.807, 2.05) is 0 Å². The first kappa shape index (κ1) is 12.3. The number of rotatable bonds is 4. The number of hydrogen-bond acceptors (Lipinski definition) is 4. The van der Waals surface area contributed by atoms with Crippen LogP contribution < -0.4 is 5.73 Å². The van der Waals surface area contributed by atoms with Crippen LogP contribution in [-0.2, 0) is 9.53 Å². The molecule has 0 amide bonds. The number of carboxylic acid groups (broad SMARTS) is 1. The van der Waals surface area contributed by atoms with Crippen LogP contribution in [0.5, 0.6) is 0 Å². The lowest BCUT2D eigenvalue weighted by atomic mass is 10.2. The van der Waals surface area contributed by atoms with Crippen LogP contribution in [0.4, 0.5) is 5.69 Å². The van der Waals surface area contributed by atoms with Gasteiger partial charge in [0, 0.05) is 10.7 Å². The molecule has 0 aliphatic carbocycles. The molecule has 0 aliphatic heterocycles. The normalized spacial score (nSPS) is 9.81. The highest BCUT2D eigenvalue weighted by atomic mass is 35.5. The molecule has 0 spiro atoms. The lowest BCUT2D eigenvalue weighted by molar-refractivity contribution is -0.137. The third-order valence-electron chi connectivity index (χ3n) is 1.70. The van der Waals surface area contributed by atoms with Crippen LogP contribution in [0.25, 0.3) is 0 Å². The molecule has 0 aliphatic rings. The largest absolute Gasteiger partial charge is 0.481 e. The summed E-state index contributed by atoms with van der Waals surface area (Å²) in [5, 5.41) is 8.68. The summed E-state index contributed by atoms with van der Waals surface area (Å²) in [6, 6.07) is 4.31. The van der Waals surface area contributed by atoms with Crippen molar-refractivity contribution in [2.24, 2.45) is 0 Å². The van der Waals surface area contributed by atoms with Crippen LogP contribution in [0.2, 0.25) is 5.02 Å². The summed E-state index contributed by atoms with van der Waals surface area (Å²) in [4.78, 5) is 21.6. The van der Waals surface area contributed by atoms with Gasteiger partial charge in [-0.15, -0.1) is 0 Å². The van der Waals surface area contributed by atoms with Gasteiger partial charge in [0.15, 0.2) is 0 Å². The highest BCUT2D eigenvalue weighted by molar-refractivity contribution is 6.31. The maximum Gasteiger partial charge on any atom is 0.338 e. The fourth-order valence-corrected chi connectivity index (χ4v) is 1.29. The molecule has 3 N–H and O–H groups in total. The fourth-order valence-electron chi connectivity index (χ4n) is 1.04. The average Bonchev–Trinajstić information content (AvgIpc) is 2.15. The first-order chi connectivity index (χ1) is 7.49. The van der Waals surface area contributed by atoms with Crippen LogP contribution >= 0.6 is 11.6 Å². The van der Waals surface area contributed by atoms with E-state index < -0.39 is 11.9 Å². The Hall–Kier alpha value is -1.75. The van der Waals surface area contributed by atoms with E-state index in [0.29, 0.717) is 10.7 Å². The van der Waals surface area contributed by atoms with E-state index in [-0.39, 0.29) is 18.6 Å². The van der Waals surface area contributed by atoms with Crippen molar-refractivity contribution in [3.05, 3.63) is 28.8 Å². The molecule has 0 saturated carbocycles. The average molecular weight is 244 g/mol. The van der Waals surface area contributed by atoms with Gasteiger partial charge in [-0.2, -0.15) is 0 Å². The van der Waals surface area contributed by atoms with Crippen LogP contribution in [-0.4, -0.2) is 23.7 Å². The lowest BCUT2D eigenvalue weighted by Crippen LogP contribution is -2.10. The molecule has 1 aromatic carbocycles. The Morgan fingerprint density at radius 2 is 2.06 bits per heavy atom. The van der Waals surface area contributed by atoms with Crippen molar-refractivity contribution in [1.29, 1.82) is 0 Å². The van der Waals surface area contributed by atoms with E-state index in [1.54, 1.807) is 0 Å². The smallest absolute Gasteiger partial charge is 0.338 e. The molecular weight excluding hydrogens is 234 g/mol. The fraction of sp³-hybridized carbons (Fsp3) is 0.200. The molecule has 86 valence electrons. The number of ether oxygens (including phenoxy) is 1. The number of benzene rings is 1. The van der Waals surface area contributed by atoms with Crippen molar-refractivity contribution in [1.82, 2.24) is 0 Å². The van der Waals surface area contributed by atoms with Crippen molar-refractivity contribution in [2.75, 3.05) is 12.3 Å². The Morgan fingerprint density at radius 3 is 2.62 bits per heavy atom. The van der Waals surface area contributed by atoms with Crippen molar-refractivity contribution < 1.29 is 19.4 Å². The molecule has 1 aromatic rings. The molecule has 1 rings (SSSR count). The number of anilines is 1. The van der Waals surface area contributed by atoms with Gasteiger partial charge in [-0.25, -0.2) is 4.79 Å². The summed E-state index contributed by atoms with van der Waals surface area (Å²) >= 11 is 5.70. The second-order valence-electron chi connectivity index (χ2n) is 3.05. The summed E-state index contributed by atoms with van der Waals surface area (Å²) in [6.07, 6.45) is -0.234. The van der Waals surface area contributed by atoms with E-state index in [9.17, 15) is 9.59 Å². The van der Waals surface area contributed by atoms with Gasteiger partial charge >= 0.3 is 11.9 Å². The highest BCUT2D eigenvalue weighted by Gasteiger charge is 2.09. The zero-order valence-electron chi connectivity index (χ0n) is 8.27. The van der Waals surface area contributed by atoms with Gasteiger partial charge in [0.2, 0.25) is 0 Å². The van der Waals surface area contributed by atoms with Crippen LogP contribution in [0.15, 0.2) is 18.2 Å². The number of nitrogens with two attached hydrogens (primary N) is 1. The summed E-state index contributed by atoms with van der Waals surface area (Å²) < 4.78 is 4.71. The van der Waals surface area contributed by atoms with E-state index in [1.165, 1.54) is 18.2 Å². The van der Waals surface area contributed by atoms with Crippen molar-refractivity contribution >= 4 is 29.2 Å². The third kappa shape index (κ3) is 3.78. The minimum absolute atomic E-state index is 0.180. The predicted molar refractivity (Wildman–Crippen MR) is 58.4 cm³/mol. The number of halogens is 1. The molecule has 5 nitrogen and oxygen atoms in total. The maximum absolute atomic E-state index is 11.4. The molecule has 0 atom stereocenters. The standard InChI is InChI=1S/C10H10ClNO4/c11-7-3-6(4-8(12)5-7)10(15)16-2-1-9(13)14/h3-5H,1-2,12H2,(H,13,14). The number of nitrogen functional groups attached to an aromatic ring is 1. The quantitative estimate of drug-likeness (QED) is 0.619. The zero-order chi connectivity index (χ0) is 12.1. The lowest BCUT2D eigenvalue weighted by Gasteiger charge is -2.04. The second-order valence-corrected chi connectivity index (χ2v) is 3.49. The van der Waals surface area contributed by atoms with Gasteiger partial charge in [-0.3, -0.25) is 4.79 Å². The van der Waals surface area contributed by atoms with Gasteiger partial charge in [0.1, 0.15) is 6.61 Å². The molecule has 0 saturated heterocycles. The summed E-state index contributed by atoms with van der Waals surface area (Å²) in [6.45, 7) is -0.180. The highest BCUT2D eigenvalue weighted by Crippen LogP contribution is 2.17. The molecular formula is C10H10ClNO4. The summed E-state index contributed by atoms with van der Waals surface area (Å²) in [5.74, 6) is -1.67. The number of esters is 1. The van der Waals surface area contributed by atoms with Gasteiger partial charge in [-0.1, -0.05) is 11.6 Å². The second kappa shape index (κ2) is 5.37. The molecule has 16 heavy (non-hydrogen) atoms. The Bertz CT molecular complexity index is 399. The molecule has 0 heterocycles. The summed E-state index contributed by atoms with van der Waals surface area (Å²) in [5.41, 5.74) is 6.04. The monoisotopic (exact) mass is 243 g/mol. The first-order valence-corrected chi connectivity index (χ1v) is 4.82. The van der Waals surface area contributed by atoms with Crippen molar-refractivity contribution in [3.63, 3.8) is 0 Å². The van der Waals surface area contributed by atoms with Gasteiger partial charge in [0.25, 0.3) is 0 Å². The van der Waals surface area contributed by atoms with Gasteiger partial charge in [-0.05, 0) is 18.2 Å². The first-order valence-electron chi connectivity index (χ1n) is 4.44. The predicted octanol–water partition coefficient (Wildman–Crippen LogP) is 1.55. The Morgan fingerprint density at radius 1 is 1.38 bits per heavy atom. The molecule has 0 fully saturated rings. The number of carbonyl (C=O) groups excluding carboxylic acids is 1. The van der Waals surface area contributed by atoms with Crippen molar-refractivity contribution in [3.8, 4) is 0 Å². The van der Waals surface area contributed by atoms with Gasteiger partial charge in [0.05, 0.1) is 12.0 Å². The number of aliphatic carboxylic acids is 1. The van der Waals surface area contributed by atoms with Crippen LogP contribution in [0.3, 0.4) is 0 Å². The summed E-state index contributed by atoms with van der Waals surface area (Å²) in [7, 11) is 0. The van der Waals surface area contributed by atoms with Crippen LogP contribution in [0.1, 0.15) is 16.8 Å². The number of hydrogen-bond donors (Lipinski definition) is 2. The number of carbonyl (C=O) groups is 2. The van der Waals surface area contributed by atoms with E-state index in [4.69, 9.17) is 27.2 Å². The SMILES string of the molecule is Nc1cc(Cl)cc(C(=O)OCCC(=O)O)c1. The third-order valence-corrected chi connectivity index (χ3v) is 1.92. The van der Waals surface area contributed by atoms with E-state index in [2.05, 4.69) is 0 Å². The molecule has 0 aromatic heterocycles. The minimum Gasteiger partial charge on any atom is -0.481 e. The van der Waals surface area contributed by atoms with Crippen molar-refractivity contribution in [2.45, 2.75) is 6.42 Å². The zero-order valence-corrected chi connectivity index (χ0v) is 9.03. The Kier molecular flexibility index (Phi) is 4.13. The Balaban J connectivity index is 2.62. The molecule has 6 heteroatoms. The van der Waals surface area contributed by atoms with Crippen LogP contribution in [0, 0.1) is 0 Å². The van der Waals surface area contributed by atoms with Gasteiger partial charge < -0.3 is 15.6 Å².